The predicted molar refractivity (Wildman–Crippen MR) is 70.9 cm³/mol. The Bertz CT molecular complexity index is 392. The average molecular weight is 294 g/mol. The summed E-state index contributed by atoms with van der Waals surface area (Å²) in [5.41, 5.74) is 0. The van der Waals surface area contributed by atoms with Crippen LogP contribution in [0.15, 0.2) is 0 Å². The van der Waals surface area contributed by atoms with E-state index in [0.29, 0.717) is 12.5 Å². The molecule has 0 rings (SSSR count). The smallest absolute Gasteiger partial charge is 0.305 e. The van der Waals surface area contributed by atoms with Crippen LogP contribution in [0.2, 0.25) is 0 Å². The molecule has 0 spiro atoms. The van der Waals surface area contributed by atoms with Crippen molar-refractivity contribution in [1.29, 1.82) is 0 Å². The van der Waals surface area contributed by atoms with Crippen LogP contribution < -0.4 is 10.0 Å². The molecule has 19 heavy (non-hydrogen) atoms. The van der Waals surface area contributed by atoms with Crippen LogP contribution in [0.1, 0.15) is 26.7 Å². The van der Waals surface area contributed by atoms with Crippen molar-refractivity contribution in [3.63, 3.8) is 0 Å². The lowest BCUT2D eigenvalue weighted by Crippen LogP contribution is -2.39. The average Bonchev–Trinajstić information content (AvgIpc) is 2.33. The van der Waals surface area contributed by atoms with Crippen LogP contribution in [-0.4, -0.2) is 46.2 Å². The summed E-state index contributed by atoms with van der Waals surface area (Å²) in [6, 6.07) is 0. The van der Waals surface area contributed by atoms with Crippen molar-refractivity contribution in [3.05, 3.63) is 0 Å². The molecule has 0 bridgehead atoms. The lowest BCUT2D eigenvalue weighted by molar-refractivity contribution is -0.140. The van der Waals surface area contributed by atoms with Gasteiger partial charge < -0.3 is 10.1 Å². The molecule has 0 aliphatic heterocycles. The van der Waals surface area contributed by atoms with Crippen molar-refractivity contribution in [3.8, 4) is 0 Å². The molecule has 0 aromatic carbocycles. The van der Waals surface area contributed by atoms with Crippen molar-refractivity contribution in [1.82, 2.24) is 10.0 Å². The van der Waals surface area contributed by atoms with Crippen LogP contribution in [0.4, 0.5) is 0 Å². The van der Waals surface area contributed by atoms with Gasteiger partial charge >= 0.3 is 5.97 Å². The Morgan fingerprint density at radius 1 is 1.26 bits per heavy atom. The Balaban J connectivity index is 3.90. The van der Waals surface area contributed by atoms with E-state index in [1.54, 1.807) is 0 Å². The van der Waals surface area contributed by atoms with Crippen LogP contribution in [0.25, 0.3) is 0 Å². The van der Waals surface area contributed by atoms with E-state index in [-0.39, 0.29) is 31.0 Å². The monoisotopic (exact) mass is 294 g/mol. The molecule has 0 heterocycles. The molecule has 0 fully saturated rings. The molecule has 112 valence electrons. The van der Waals surface area contributed by atoms with E-state index >= 15 is 0 Å². The van der Waals surface area contributed by atoms with E-state index in [2.05, 4.69) is 14.8 Å². The highest BCUT2D eigenvalue weighted by molar-refractivity contribution is 7.89. The Morgan fingerprint density at radius 3 is 2.42 bits per heavy atom. The van der Waals surface area contributed by atoms with Crippen molar-refractivity contribution >= 4 is 21.9 Å². The second-order valence-electron chi connectivity index (χ2n) is 4.52. The molecule has 0 saturated carbocycles. The molecule has 0 aromatic heterocycles. The molecular weight excluding hydrogens is 272 g/mol. The lowest BCUT2D eigenvalue weighted by atomic mass is 10.2. The Labute approximate surface area is 114 Å². The molecule has 0 aliphatic rings. The quantitative estimate of drug-likeness (QED) is 0.565. The first-order valence-electron chi connectivity index (χ1n) is 6.07. The van der Waals surface area contributed by atoms with Gasteiger partial charge in [0, 0.05) is 13.0 Å². The highest BCUT2D eigenvalue weighted by Crippen LogP contribution is 1.96. The summed E-state index contributed by atoms with van der Waals surface area (Å²) in [7, 11) is -2.29. The van der Waals surface area contributed by atoms with Gasteiger partial charge in [-0.1, -0.05) is 13.8 Å². The zero-order valence-electron chi connectivity index (χ0n) is 11.6. The molecule has 0 atom stereocenters. The number of nitrogens with one attached hydrogen (secondary N) is 2. The summed E-state index contributed by atoms with van der Waals surface area (Å²) in [5.74, 6) is -0.727. The maximum absolute atomic E-state index is 11.5. The van der Waals surface area contributed by atoms with Crippen molar-refractivity contribution < 1.29 is 22.7 Å². The highest BCUT2D eigenvalue weighted by atomic mass is 32.2. The van der Waals surface area contributed by atoms with E-state index in [4.69, 9.17) is 0 Å². The number of hydrogen-bond donors (Lipinski definition) is 2. The van der Waals surface area contributed by atoms with E-state index in [9.17, 15) is 18.0 Å². The number of carbonyl (C=O) groups excluding carboxylic acids is 2. The molecular formula is C11H22N2O5S. The van der Waals surface area contributed by atoms with Gasteiger partial charge in [0.05, 0.1) is 19.4 Å². The lowest BCUT2D eigenvalue weighted by Gasteiger charge is -2.09. The first-order chi connectivity index (χ1) is 8.76. The van der Waals surface area contributed by atoms with Gasteiger partial charge in [0.25, 0.3) is 0 Å². The van der Waals surface area contributed by atoms with E-state index < -0.39 is 16.0 Å². The number of amides is 1. The number of carbonyl (C=O) groups is 2. The summed E-state index contributed by atoms with van der Waals surface area (Å²) in [5, 5.41) is 2.60. The van der Waals surface area contributed by atoms with Crippen molar-refractivity contribution in [2.24, 2.45) is 5.92 Å². The van der Waals surface area contributed by atoms with Crippen LogP contribution in [0.5, 0.6) is 0 Å². The normalized spacial score (nSPS) is 11.4. The Hall–Kier alpha value is -1.15. The SMILES string of the molecule is COC(=O)CCCS(=O)(=O)NCC(=O)NCC(C)C. The second kappa shape index (κ2) is 8.87. The van der Waals surface area contributed by atoms with Crippen LogP contribution >= 0.6 is 0 Å². The first kappa shape index (κ1) is 17.8. The summed E-state index contributed by atoms with van der Waals surface area (Å²) in [4.78, 5) is 22.1. The molecule has 0 aliphatic carbocycles. The Morgan fingerprint density at radius 2 is 1.89 bits per heavy atom. The minimum atomic E-state index is -3.54. The Kier molecular flexibility index (Phi) is 8.33. The van der Waals surface area contributed by atoms with Crippen molar-refractivity contribution in [2.75, 3.05) is 26.0 Å². The number of sulfonamides is 1. The molecule has 2 N–H and O–H groups in total. The van der Waals surface area contributed by atoms with Crippen LogP contribution in [-0.2, 0) is 24.3 Å². The maximum Gasteiger partial charge on any atom is 0.305 e. The van der Waals surface area contributed by atoms with Gasteiger partial charge in [-0.05, 0) is 12.3 Å². The van der Waals surface area contributed by atoms with E-state index in [1.165, 1.54) is 7.11 Å². The number of ether oxygens (including phenoxy) is 1. The predicted octanol–water partition coefficient (Wildman–Crippen LogP) is -0.369. The minimum Gasteiger partial charge on any atom is -0.469 e. The van der Waals surface area contributed by atoms with Crippen molar-refractivity contribution in [2.45, 2.75) is 26.7 Å². The fourth-order valence-corrected chi connectivity index (χ4v) is 2.16. The van der Waals surface area contributed by atoms with Gasteiger partial charge in [-0.15, -0.1) is 0 Å². The maximum atomic E-state index is 11.5. The number of hydrogen-bond acceptors (Lipinski definition) is 5. The molecule has 0 radical (unpaired) electrons. The standard InChI is InChI=1S/C11H22N2O5S/c1-9(2)7-12-10(14)8-13-19(16,17)6-4-5-11(15)18-3/h9,13H,4-8H2,1-3H3,(H,12,14). The number of rotatable bonds is 9. The molecule has 7 nitrogen and oxygen atoms in total. The van der Waals surface area contributed by atoms with Gasteiger partial charge in [-0.3, -0.25) is 9.59 Å². The molecule has 8 heteroatoms. The van der Waals surface area contributed by atoms with Gasteiger partial charge in [0.1, 0.15) is 0 Å². The molecule has 0 aromatic rings. The second-order valence-corrected chi connectivity index (χ2v) is 6.44. The first-order valence-corrected chi connectivity index (χ1v) is 7.73. The summed E-state index contributed by atoms with van der Waals surface area (Å²) >= 11 is 0. The zero-order valence-corrected chi connectivity index (χ0v) is 12.4. The van der Waals surface area contributed by atoms with Crippen LogP contribution in [0.3, 0.4) is 0 Å². The summed E-state index contributed by atoms with van der Waals surface area (Å²) in [6.07, 6.45) is 0.201. The third-order valence-electron chi connectivity index (χ3n) is 2.18. The third kappa shape index (κ3) is 10.5. The fraction of sp³-hybridized carbons (Fsp3) is 0.818. The zero-order chi connectivity index (χ0) is 14.9. The van der Waals surface area contributed by atoms with Gasteiger partial charge in [-0.2, -0.15) is 0 Å². The van der Waals surface area contributed by atoms with E-state index in [1.807, 2.05) is 13.8 Å². The molecule has 1 amide bonds. The molecule has 0 saturated heterocycles. The van der Waals surface area contributed by atoms with Gasteiger partial charge in [-0.25, -0.2) is 13.1 Å². The third-order valence-corrected chi connectivity index (χ3v) is 3.59. The van der Waals surface area contributed by atoms with E-state index in [0.717, 1.165) is 0 Å². The van der Waals surface area contributed by atoms with Gasteiger partial charge in [0.2, 0.25) is 15.9 Å². The number of methoxy groups -OCH3 is 1. The summed E-state index contributed by atoms with van der Waals surface area (Å²) < 4.78 is 29.6. The number of esters is 1. The fourth-order valence-electron chi connectivity index (χ4n) is 1.14. The van der Waals surface area contributed by atoms with Gasteiger partial charge in [0.15, 0.2) is 0 Å². The largest absolute Gasteiger partial charge is 0.469 e. The summed E-state index contributed by atoms with van der Waals surface area (Å²) in [6.45, 7) is 4.10. The molecule has 0 unspecified atom stereocenters. The minimum absolute atomic E-state index is 0.0386. The highest BCUT2D eigenvalue weighted by Gasteiger charge is 2.13. The topological polar surface area (TPSA) is 102 Å². The van der Waals surface area contributed by atoms with Crippen LogP contribution in [0, 0.1) is 5.92 Å².